The van der Waals surface area contributed by atoms with E-state index in [0.29, 0.717) is 16.8 Å². The smallest absolute Gasteiger partial charge is 0.183 e. The van der Waals surface area contributed by atoms with E-state index in [4.69, 9.17) is 17.4 Å². The molecule has 6 heteroatoms. The second-order valence-electron chi connectivity index (χ2n) is 4.99. The van der Waals surface area contributed by atoms with Crippen molar-refractivity contribution in [2.45, 2.75) is 12.8 Å². The molecule has 1 heterocycles. The van der Waals surface area contributed by atoms with Crippen molar-refractivity contribution < 1.29 is 0 Å². The Morgan fingerprint density at radius 1 is 1.25 bits per heavy atom. The molecule has 0 bridgehead atoms. The van der Waals surface area contributed by atoms with Crippen molar-refractivity contribution in [3.63, 3.8) is 0 Å². The molecule has 0 unspecified atom stereocenters. The Hall–Kier alpha value is -1.85. The Kier molecular flexibility index (Phi) is 3.71. The van der Waals surface area contributed by atoms with Gasteiger partial charge in [0.25, 0.3) is 0 Å². The van der Waals surface area contributed by atoms with Crippen molar-refractivity contribution in [3.8, 4) is 0 Å². The van der Waals surface area contributed by atoms with Gasteiger partial charge in [0.1, 0.15) is 5.02 Å². The highest BCUT2D eigenvalue weighted by Gasteiger charge is 2.21. The van der Waals surface area contributed by atoms with Gasteiger partial charge in [0, 0.05) is 6.54 Å². The molecular formula is C14H16ClN5. The Bertz CT molecular complexity index is 591. The number of benzene rings is 1. The van der Waals surface area contributed by atoms with Crippen LogP contribution in [0.5, 0.6) is 0 Å². The second kappa shape index (κ2) is 5.64. The highest BCUT2D eigenvalue weighted by molar-refractivity contribution is 6.35. The van der Waals surface area contributed by atoms with Gasteiger partial charge in [-0.1, -0.05) is 35.9 Å². The van der Waals surface area contributed by atoms with Gasteiger partial charge >= 0.3 is 0 Å². The summed E-state index contributed by atoms with van der Waals surface area (Å²) in [6.07, 6.45) is 3.81. The topological polar surface area (TPSA) is 75.9 Å². The number of nitrogens with one attached hydrogen (secondary N) is 2. The zero-order chi connectivity index (χ0) is 13.9. The van der Waals surface area contributed by atoms with Gasteiger partial charge in [-0.05, 0) is 29.9 Å². The van der Waals surface area contributed by atoms with Gasteiger partial charge in [-0.2, -0.15) is 5.10 Å². The summed E-state index contributed by atoms with van der Waals surface area (Å²) in [5.74, 6) is 6.29. The highest BCUT2D eigenvalue weighted by atomic mass is 35.5. The zero-order valence-electron chi connectivity index (χ0n) is 10.9. The maximum absolute atomic E-state index is 6.18. The lowest BCUT2D eigenvalue weighted by Gasteiger charge is -2.13. The minimum Gasteiger partial charge on any atom is -0.382 e. The lowest BCUT2D eigenvalue weighted by atomic mass is 10.1. The van der Waals surface area contributed by atoms with Crippen molar-refractivity contribution in [1.29, 1.82) is 0 Å². The third-order valence-electron chi connectivity index (χ3n) is 3.64. The number of hydrazine groups is 1. The maximum atomic E-state index is 6.18. The number of hydrogen-bond acceptors (Lipinski definition) is 5. The maximum Gasteiger partial charge on any atom is 0.183 e. The summed E-state index contributed by atoms with van der Waals surface area (Å²) in [6, 6.07) is 8.59. The number of nitrogens with zero attached hydrogens (tertiary/aromatic N) is 2. The number of fused-ring (bicyclic) bond motifs is 1. The van der Waals surface area contributed by atoms with Gasteiger partial charge in [0.05, 0.1) is 11.9 Å². The van der Waals surface area contributed by atoms with Gasteiger partial charge in [-0.15, -0.1) is 5.10 Å². The van der Waals surface area contributed by atoms with Crippen LogP contribution in [0.4, 0.5) is 11.5 Å². The molecule has 0 fully saturated rings. The van der Waals surface area contributed by atoms with Crippen LogP contribution >= 0.6 is 11.6 Å². The summed E-state index contributed by atoms with van der Waals surface area (Å²) in [5.41, 5.74) is 6.08. The van der Waals surface area contributed by atoms with Crippen molar-refractivity contribution >= 4 is 23.1 Å². The van der Waals surface area contributed by atoms with Gasteiger partial charge in [0.15, 0.2) is 5.82 Å². The van der Waals surface area contributed by atoms with Crippen molar-refractivity contribution in [3.05, 3.63) is 46.6 Å². The molecular weight excluding hydrogens is 274 g/mol. The monoisotopic (exact) mass is 289 g/mol. The van der Waals surface area contributed by atoms with E-state index in [1.807, 2.05) is 0 Å². The van der Waals surface area contributed by atoms with Crippen molar-refractivity contribution in [2.75, 3.05) is 17.3 Å². The number of halogens is 1. The molecule has 5 nitrogen and oxygen atoms in total. The molecule has 1 aliphatic rings. The normalized spacial score (nSPS) is 14.1. The molecule has 3 rings (SSSR count). The standard InChI is InChI=1S/C14H16ClN5/c15-13-12(8-18-20-14(13)19-16)17-7-9-5-10-3-1-2-4-11(10)6-9/h1-4,8-9H,5-7,16H2,(H2,17,19,20). The lowest BCUT2D eigenvalue weighted by molar-refractivity contribution is 0.593. The first-order valence-corrected chi connectivity index (χ1v) is 6.94. The number of aromatic nitrogens is 2. The molecule has 0 saturated heterocycles. The summed E-state index contributed by atoms with van der Waals surface area (Å²) in [4.78, 5) is 0. The molecule has 0 atom stereocenters. The van der Waals surface area contributed by atoms with Gasteiger partial charge in [-0.3, -0.25) is 0 Å². The molecule has 104 valence electrons. The summed E-state index contributed by atoms with van der Waals surface area (Å²) >= 11 is 6.18. The molecule has 0 saturated carbocycles. The SMILES string of the molecule is NNc1nncc(NCC2Cc3ccccc3C2)c1Cl. The van der Waals surface area contributed by atoms with Crippen LogP contribution in [-0.4, -0.2) is 16.7 Å². The van der Waals surface area contributed by atoms with Gasteiger partial charge < -0.3 is 10.7 Å². The van der Waals surface area contributed by atoms with E-state index in [0.717, 1.165) is 25.1 Å². The number of hydrogen-bond donors (Lipinski definition) is 3. The van der Waals surface area contributed by atoms with E-state index >= 15 is 0 Å². The first-order chi connectivity index (χ1) is 9.78. The number of rotatable bonds is 4. The van der Waals surface area contributed by atoms with Crippen LogP contribution in [-0.2, 0) is 12.8 Å². The van der Waals surface area contributed by atoms with E-state index in [-0.39, 0.29) is 0 Å². The molecule has 1 aliphatic carbocycles. The Labute approximate surface area is 122 Å². The van der Waals surface area contributed by atoms with E-state index < -0.39 is 0 Å². The number of nitrogens with two attached hydrogens (primary N) is 1. The average Bonchev–Trinajstić information content (AvgIpc) is 2.89. The van der Waals surface area contributed by atoms with E-state index in [9.17, 15) is 0 Å². The van der Waals surface area contributed by atoms with Gasteiger partial charge in [0.2, 0.25) is 0 Å². The largest absolute Gasteiger partial charge is 0.382 e. The Morgan fingerprint density at radius 2 is 1.95 bits per heavy atom. The predicted molar refractivity (Wildman–Crippen MR) is 80.7 cm³/mol. The van der Waals surface area contributed by atoms with Crippen LogP contribution in [0.1, 0.15) is 11.1 Å². The summed E-state index contributed by atoms with van der Waals surface area (Å²) in [6.45, 7) is 0.851. The third kappa shape index (κ3) is 2.55. The van der Waals surface area contributed by atoms with Crippen molar-refractivity contribution in [2.24, 2.45) is 11.8 Å². The zero-order valence-corrected chi connectivity index (χ0v) is 11.7. The molecule has 0 spiro atoms. The average molecular weight is 290 g/mol. The van der Waals surface area contributed by atoms with E-state index in [1.165, 1.54) is 11.1 Å². The first kappa shape index (κ1) is 13.1. The number of anilines is 2. The van der Waals surface area contributed by atoms with Crippen LogP contribution in [0.2, 0.25) is 5.02 Å². The third-order valence-corrected chi connectivity index (χ3v) is 4.03. The van der Waals surface area contributed by atoms with Gasteiger partial charge in [-0.25, -0.2) is 5.84 Å². The van der Waals surface area contributed by atoms with Crippen LogP contribution < -0.4 is 16.6 Å². The van der Waals surface area contributed by atoms with Crippen LogP contribution in [0, 0.1) is 5.92 Å². The Morgan fingerprint density at radius 3 is 2.60 bits per heavy atom. The first-order valence-electron chi connectivity index (χ1n) is 6.56. The predicted octanol–water partition coefficient (Wildman–Crippen LogP) is 2.24. The fraction of sp³-hybridized carbons (Fsp3) is 0.286. The number of nitrogen functional groups attached to an aromatic ring is 1. The molecule has 4 N–H and O–H groups in total. The molecule has 2 aromatic rings. The minimum atomic E-state index is 0.381. The van der Waals surface area contributed by atoms with Crippen LogP contribution in [0.3, 0.4) is 0 Å². The van der Waals surface area contributed by atoms with Crippen molar-refractivity contribution in [1.82, 2.24) is 10.2 Å². The van der Waals surface area contributed by atoms with Crippen LogP contribution in [0.25, 0.3) is 0 Å². The van der Waals surface area contributed by atoms with E-state index in [2.05, 4.69) is 45.2 Å². The fourth-order valence-corrected chi connectivity index (χ4v) is 2.84. The van der Waals surface area contributed by atoms with E-state index in [1.54, 1.807) is 6.20 Å². The molecule has 20 heavy (non-hydrogen) atoms. The summed E-state index contributed by atoms with van der Waals surface area (Å²) in [7, 11) is 0. The van der Waals surface area contributed by atoms with Crippen LogP contribution in [0.15, 0.2) is 30.5 Å². The fourth-order valence-electron chi connectivity index (χ4n) is 2.64. The summed E-state index contributed by atoms with van der Waals surface area (Å²) in [5, 5.41) is 11.5. The molecule has 0 aliphatic heterocycles. The lowest BCUT2D eigenvalue weighted by Crippen LogP contribution is -2.16. The molecule has 1 aromatic carbocycles. The summed E-state index contributed by atoms with van der Waals surface area (Å²) < 4.78 is 0. The quantitative estimate of drug-likeness (QED) is 0.594. The highest BCUT2D eigenvalue weighted by Crippen LogP contribution is 2.29. The molecule has 0 amide bonds. The Balaban J connectivity index is 1.64. The minimum absolute atomic E-state index is 0.381. The molecule has 1 aromatic heterocycles. The molecule has 0 radical (unpaired) electrons. The second-order valence-corrected chi connectivity index (χ2v) is 5.37.